The highest BCUT2D eigenvalue weighted by Crippen LogP contribution is 2.52. The van der Waals surface area contributed by atoms with Gasteiger partial charge in [0.25, 0.3) is 0 Å². The number of aromatic nitrogens is 2. The van der Waals surface area contributed by atoms with Crippen molar-refractivity contribution in [3.05, 3.63) is 66.1 Å². The lowest BCUT2D eigenvalue weighted by Gasteiger charge is -2.26. The van der Waals surface area contributed by atoms with Crippen molar-refractivity contribution >= 4 is 10.9 Å². The van der Waals surface area contributed by atoms with Gasteiger partial charge in [-0.3, -0.25) is 4.98 Å². The van der Waals surface area contributed by atoms with Gasteiger partial charge < -0.3 is 10.3 Å². The van der Waals surface area contributed by atoms with E-state index >= 15 is 0 Å². The average Bonchev–Trinajstić information content (AvgIpc) is 3.58. The Hall–Kier alpha value is -2.13. The van der Waals surface area contributed by atoms with Crippen LogP contribution in [0.25, 0.3) is 10.9 Å². The molecule has 0 aliphatic heterocycles. The van der Waals surface area contributed by atoms with Gasteiger partial charge in [-0.05, 0) is 92.4 Å². The molecule has 174 valence electrons. The maximum Gasteiger partial charge on any atom is 0.0486 e. The second-order valence-corrected chi connectivity index (χ2v) is 11.3. The minimum Gasteiger partial charge on any atom is -0.344 e. The van der Waals surface area contributed by atoms with Gasteiger partial charge in [-0.25, -0.2) is 0 Å². The molecular weight excluding hydrogens is 402 g/mol. The Morgan fingerprint density at radius 2 is 1.85 bits per heavy atom. The van der Waals surface area contributed by atoms with E-state index in [1.807, 2.05) is 6.20 Å². The van der Waals surface area contributed by atoms with Gasteiger partial charge in [0.1, 0.15) is 0 Å². The Morgan fingerprint density at radius 3 is 2.61 bits per heavy atom. The van der Waals surface area contributed by atoms with Crippen LogP contribution in [0.3, 0.4) is 0 Å². The third-order valence-electron chi connectivity index (χ3n) is 9.29. The summed E-state index contributed by atoms with van der Waals surface area (Å²) in [6.45, 7) is 0. The smallest absolute Gasteiger partial charge is 0.0486 e. The molecule has 0 amide bonds. The summed E-state index contributed by atoms with van der Waals surface area (Å²) in [7, 11) is 0. The van der Waals surface area contributed by atoms with E-state index in [1.165, 1.54) is 92.7 Å². The fourth-order valence-corrected chi connectivity index (χ4v) is 7.51. The Kier molecular flexibility index (Phi) is 6.00. The Balaban J connectivity index is 1.30. The summed E-state index contributed by atoms with van der Waals surface area (Å²) in [5.41, 5.74) is 10.5. The van der Waals surface area contributed by atoms with Crippen LogP contribution < -0.4 is 5.73 Å². The van der Waals surface area contributed by atoms with E-state index in [2.05, 4.69) is 58.3 Å². The van der Waals surface area contributed by atoms with Gasteiger partial charge in [0.15, 0.2) is 0 Å². The summed E-state index contributed by atoms with van der Waals surface area (Å²) >= 11 is 0. The Bertz CT molecular complexity index is 1060. The summed E-state index contributed by atoms with van der Waals surface area (Å²) in [6.07, 6.45) is 21.2. The maximum atomic E-state index is 6.15. The largest absolute Gasteiger partial charge is 0.344 e. The second kappa shape index (κ2) is 9.25. The highest BCUT2D eigenvalue weighted by Gasteiger charge is 2.41. The van der Waals surface area contributed by atoms with E-state index in [1.54, 1.807) is 0 Å². The molecule has 0 saturated heterocycles. The van der Waals surface area contributed by atoms with E-state index in [0.29, 0.717) is 18.0 Å². The predicted molar refractivity (Wildman–Crippen MR) is 136 cm³/mol. The first-order chi connectivity index (χ1) is 16.3. The van der Waals surface area contributed by atoms with Crippen LogP contribution in [0.4, 0.5) is 0 Å². The van der Waals surface area contributed by atoms with Gasteiger partial charge >= 0.3 is 0 Å². The van der Waals surface area contributed by atoms with E-state index in [0.717, 1.165) is 17.8 Å². The number of fused-ring (bicyclic) bond motifs is 3. The van der Waals surface area contributed by atoms with Crippen LogP contribution in [0.1, 0.15) is 93.7 Å². The van der Waals surface area contributed by atoms with Crippen molar-refractivity contribution in [1.29, 1.82) is 0 Å². The van der Waals surface area contributed by atoms with Crippen molar-refractivity contribution in [3.63, 3.8) is 0 Å². The van der Waals surface area contributed by atoms with Crippen LogP contribution in [0, 0.1) is 17.8 Å². The van der Waals surface area contributed by atoms with Crippen molar-refractivity contribution in [2.24, 2.45) is 23.5 Å². The predicted octanol–water partition coefficient (Wildman–Crippen LogP) is 7.22. The zero-order valence-electron chi connectivity index (χ0n) is 19.9. The average molecular weight is 442 g/mol. The molecule has 2 heterocycles. The zero-order chi connectivity index (χ0) is 22.2. The molecule has 0 spiro atoms. The lowest BCUT2D eigenvalue weighted by Crippen LogP contribution is -2.26. The summed E-state index contributed by atoms with van der Waals surface area (Å²) in [4.78, 5) is 4.51. The van der Waals surface area contributed by atoms with Gasteiger partial charge in [0.2, 0.25) is 0 Å². The third kappa shape index (κ3) is 4.25. The molecule has 3 saturated carbocycles. The van der Waals surface area contributed by atoms with Crippen molar-refractivity contribution in [1.82, 2.24) is 9.55 Å². The van der Waals surface area contributed by atoms with E-state index in [-0.39, 0.29) is 0 Å². The summed E-state index contributed by atoms with van der Waals surface area (Å²) < 4.78 is 2.68. The van der Waals surface area contributed by atoms with Crippen LogP contribution in [-0.2, 0) is 0 Å². The quantitative estimate of drug-likeness (QED) is 0.421. The van der Waals surface area contributed by atoms with E-state index in [9.17, 15) is 0 Å². The number of pyridine rings is 1. The fraction of sp³-hybridized carbons (Fsp3) is 0.567. The minimum atomic E-state index is 0.425. The SMILES string of the molecule is NC1CCC(CCCC(c2cccnc2)c2cn(C3CC4CCC3C4)c3ccccc23)CC1. The zero-order valence-corrected chi connectivity index (χ0v) is 19.9. The molecule has 2 aromatic heterocycles. The second-order valence-electron chi connectivity index (χ2n) is 11.3. The van der Waals surface area contributed by atoms with Crippen molar-refractivity contribution < 1.29 is 0 Å². The molecule has 3 aromatic rings. The van der Waals surface area contributed by atoms with E-state index < -0.39 is 0 Å². The number of hydrogen-bond donors (Lipinski definition) is 1. The van der Waals surface area contributed by atoms with Gasteiger partial charge in [-0.15, -0.1) is 0 Å². The van der Waals surface area contributed by atoms with Gasteiger partial charge in [-0.1, -0.05) is 43.5 Å². The van der Waals surface area contributed by atoms with Crippen LogP contribution in [0.2, 0.25) is 0 Å². The number of hydrogen-bond acceptors (Lipinski definition) is 2. The summed E-state index contributed by atoms with van der Waals surface area (Å²) in [5.74, 6) is 3.14. The number of nitrogens with two attached hydrogens (primary N) is 1. The maximum absolute atomic E-state index is 6.15. The van der Waals surface area contributed by atoms with Crippen LogP contribution in [0.5, 0.6) is 0 Å². The van der Waals surface area contributed by atoms with Crippen LogP contribution in [0.15, 0.2) is 55.0 Å². The number of benzene rings is 1. The molecular formula is C30H39N3. The van der Waals surface area contributed by atoms with Gasteiger partial charge in [0, 0.05) is 47.5 Å². The minimum absolute atomic E-state index is 0.425. The van der Waals surface area contributed by atoms with Crippen molar-refractivity contribution in [2.75, 3.05) is 0 Å². The first kappa shape index (κ1) is 21.4. The highest BCUT2D eigenvalue weighted by atomic mass is 15.0. The van der Waals surface area contributed by atoms with E-state index in [4.69, 9.17) is 5.73 Å². The molecule has 6 rings (SSSR count). The number of para-hydroxylation sites is 1. The normalized spacial score (nSPS) is 30.2. The molecule has 4 atom stereocenters. The van der Waals surface area contributed by atoms with Gasteiger partial charge in [0.05, 0.1) is 0 Å². The third-order valence-corrected chi connectivity index (χ3v) is 9.29. The van der Waals surface area contributed by atoms with Gasteiger partial charge in [-0.2, -0.15) is 0 Å². The van der Waals surface area contributed by atoms with Crippen LogP contribution in [-0.4, -0.2) is 15.6 Å². The molecule has 33 heavy (non-hydrogen) atoms. The molecule has 0 radical (unpaired) electrons. The molecule has 3 aliphatic carbocycles. The molecule has 2 bridgehead atoms. The number of rotatable bonds is 7. The molecule has 2 N–H and O–H groups in total. The number of nitrogens with zero attached hydrogens (tertiary/aromatic N) is 2. The standard InChI is InChI=1S/C30H39N3/c31-25-14-11-21(12-15-25)5-3-8-26(24-6-4-16-32-19-24)28-20-33(29-9-2-1-7-27(28)29)30-18-22-10-13-23(30)17-22/h1-2,4,6-7,9,16,19-23,25-26,30H,3,5,8,10-15,17-18,31H2. The highest BCUT2D eigenvalue weighted by molar-refractivity contribution is 5.85. The lowest BCUT2D eigenvalue weighted by molar-refractivity contribution is 0.302. The first-order valence-electron chi connectivity index (χ1n) is 13.5. The lowest BCUT2D eigenvalue weighted by atomic mass is 9.81. The molecule has 3 fully saturated rings. The summed E-state index contributed by atoms with van der Waals surface area (Å²) in [5, 5.41) is 1.46. The molecule has 4 unspecified atom stereocenters. The Morgan fingerprint density at radius 1 is 0.970 bits per heavy atom. The van der Waals surface area contributed by atoms with Crippen LogP contribution >= 0.6 is 0 Å². The fourth-order valence-electron chi connectivity index (χ4n) is 7.51. The van der Waals surface area contributed by atoms with Crippen molar-refractivity contribution in [3.8, 4) is 0 Å². The molecule has 3 aliphatic rings. The molecule has 1 aromatic carbocycles. The molecule has 3 nitrogen and oxygen atoms in total. The summed E-state index contributed by atoms with van der Waals surface area (Å²) in [6, 6.07) is 14.7. The Labute approximate surface area is 198 Å². The molecule has 3 heteroatoms. The monoisotopic (exact) mass is 441 g/mol. The first-order valence-corrected chi connectivity index (χ1v) is 13.5. The topological polar surface area (TPSA) is 43.8 Å². The van der Waals surface area contributed by atoms with Crippen molar-refractivity contribution in [2.45, 2.75) is 88.6 Å².